The van der Waals surface area contributed by atoms with E-state index in [9.17, 15) is 18.0 Å². The van der Waals surface area contributed by atoms with Gasteiger partial charge < -0.3 is 10.1 Å². The third-order valence-corrected chi connectivity index (χ3v) is 4.70. The van der Waals surface area contributed by atoms with Crippen molar-refractivity contribution in [2.24, 2.45) is 0 Å². The number of carbonyl (C=O) groups excluding carboxylic acids is 1. The molecular weight excluding hydrogens is 451 g/mol. The van der Waals surface area contributed by atoms with Gasteiger partial charge in [0.05, 0.1) is 29.8 Å². The number of hydrogen-bond acceptors (Lipinski definition) is 7. The van der Waals surface area contributed by atoms with Gasteiger partial charge in [-0.3, -0.25) is 9.97 Å². The number of aromatic nitrogens is 6. The fourth-order valence-corrected chi connectivity index (χ4v) is 3.03. The highest BCUT2D eigenvalue weighted by Gasteiger charge is 2.38. The number of nitrogens with one attached hydrogen (secondary N) is 1. The maximum absolute atomic E-state index is 13.4. The van der Waals surface area contributed by atoms with Gasteiger partial charge in [-0.15, -0.1) is 5.10 Å². The molecule has 2 heterocycles. The molecule has 0 saturated carbocycles. The van der Waals surface area contributed by atoms with Crippen LogP contribution < -0.4 is 10.1 Å². The van der Waals surface area contributed by atoms with E-state index in [1.165, 1.54) is 24.4 Å². The number of alkyl halides is 3. The van der Waals surface area contributed by atoms with E-state index in [4.69, 9.17) is 4.74 Å². The Labute approximate surface area is 191 Å². The van der Waals surface area contributed by atoms with Crippen LogP contribution in [0.4, 0.5) is 18.0 Å². The summed E-state index contributed by atoms with van der Waals surface area (Å²) in [4.78, 5) is 20.6. The summed E-state index contributed by atoms with van der Waals surface area (Å²) < 4.78 is 46.0. The Morgan fingerprint density at radius 2 is 1.79 bits per heavy atom. The van der Waals surface area contributed by atoms with E-state index in [1.54, 1.807) is 25.3 Å². The molecule has 4 rings (SSSR count). The van der Waals surface area contributed by atoms with Crippen LogP contribution in [0, 0.1) is 13.8 Å². The van der Waals surface area contributed by atoms with Crippen molar-refractivity contribution in [3.05, 3.63) is 77.6 Å². The topological polar surface area (TPSA) is 108 Å². The Morgan fingerprint density at radius 3 is 2.47 bits per heavy atom. The minimum atomic E-state index is -4.78. The fraction of sp³-hybridized carbons (Fsp3) is 0.182. The second-order valence-electron chi connectivity index (χ2n) is 7.39. The van der Waals surface area contributed by atoms with E-state index < -0.39 is 18.1 Å². The molecule has 174 valence electrons. The molecule has 0 unspecified atom stereocenters. The highest BCUT2D eigenvalue weighted by molar-refractivity contribution is 5.73. The Morgan fingerprint density at radius 1 is 1.03 bits per heavy atom. The summed E-state index contributed by atoms with van der Waals surface area (Å²) in [6, 6.07) is 11.6. The predicted octanol–water partition coefficient (Wildman–Crippen LogP) is 4.04. The van der Waals surface area contributed by atoms with E-state index in [1.807, 2.05) is 19.1 Å². The molecular formula is C22H18F3N7O2. The molecule has 0 bridgehead atoms. The highest BCUT2D eigenvalue weighted by atomic mass is 19.4. The van der Waals surface area contributed by atoms with Gasteiger partial charge in [0.2, 0.25) is 0 Å². The van der Waals surface area contributed by atoms with Crippen LogP contribution in [0.3, 0.4) is 0 Å². The second-order valence-corrected chi connectivity index (χ2v) is 7.39. The third kappa shape index (κ3) is 5.34. The van der Waals surface area contributed by atoms with Gasteiger partial charge in [-0.2, -0.15) is 17.9 Å². The average Bonchev–Trinajstić information content (AvgIpc) is 3.30. The first-order chi connectivity index (χ1) is 16.2. The monoisotopic (exact) mass is 469 g/mol. The van der Waals surface area contributed by atoms with Crippen molar-refractivity contribution in [1.82, 2.24) is 35.5 Å². The average molecular weight is 469 g/mol. The molecule has 1 N–H and O–H groups in total. The molecule has 34 heavy (non-hydrogen) atoms. The number of nitrogens with zero attached hydrogens (tertiary/aromatic N) is 6. The second kappa shape index (κ2) is 9.25. The van der Waals surface area contributed by atoms with E-state index in [-0.39, 0.29) is 18.0 Å². The lowest BCUT2D eigenvalue weighted by Crippen LogP contribution is -2.26. The van der Waals surface area contributed by atoms with Crippen molar-refractivity contribution < 1.29 is 22.7 Å². The molecule has 2 aromatic heterocycles. The van der Waals surface area contributed by atoms with Gasteiger partial charge >= 0.3 is 12.3 Å². The zero-order valence-electron chi connectivity index (χ0n) is 18.0. The van der Waals surface area contributed by atoms with E-state index >= 15 is 0 Å². The largest absolute Gasteiger partial charge is 0.453 e. The Kier molecular flexibility index (Phi) is 6.21. The number of halogens is 3. The maximum Gasteiger partial charge on any atom is 0.453 e. The zero-order valence-corrected chi connectivity index (χ0v) is 18.0. The van der Waals surface area contributed by atoms with Crippen molar-refractivity contribution in [1.29, 1.82) is 0 Å². The van der Waals surface area contributed by atoms with Crippen molar-refractivity contribution >= 4 is 6.09 Å². The minimum Gasteiger partial charge on any atom is -0.410 e. The van der Waals surface area contributed by atoms with Crippen molar-refractivity contribution in [3.8, 4) is 22.6 Å². The Bertz CT molecular complexity index is 1300. The molecule has 1 amide bonds. The van der Waals surface area contributed by atoms with Gasteiger partial charge in [0.15, 0.2) is 0 Å². The molecule has 0 aliphatic carbocycles. The first-order valence-corrected chi connectivity index (χ1v) is 10.0. The molecule has 0 fully saturated rings. The lowest BCUT2D eigenvalue weighted by molar-refractivity contribution is -0.146. The number of hydrogen-bond donors (Lipinski definition) is 1. The smallest absolute Gasteiger partial charge is 0.410 e. The third-order valence-electron chi connectivity index (χ3n) is 4.70. The van der Waals surface area contributed by atoms with Gasteiger partial charge in [0.1, 0.15) is 5.75 Å². The molecule has 0 spiro atoms. The number of carbonyl (C=O) groups is 1. The summed E-state index contributed by atoms with van der Waals surface area (Å²) in [7, 11) is 0. The molecule has 0 saturated heterocycles. The Balaban J connectivity index is 1.64. The standard InChI is InChI=1S/C22H18F3N7O2/c1-13-3-5-15(6-4-13)16-7-18(32-20(22(23,24)25)29-30-31-32)9-19(8-16)34-21(33)28-12-17-11-26-14(2)10-27-17/h3-11H,12H2,1-2H3,(H,28,33). The molecule has 9 nitrogen and oxygen atoms in total. The quantitative estimate of drug-likeness (QED) is 0.470. The first kappa shape index (κ1) is 22.8. The van der Waals surface area contributed by atoms with E-state index in [0.717, 1.165) is 11.3 Å². The summed E-state index contributed by atoms with van der Waals surface area (Å²) in [5, 5.41) is 12.2. The minimum absolute atomic E-state index is 0.00388. The number of ether oxygens (including phenoxy) is 1. The van der Waals surface area contributed by atoms with Crippen LogP contribution in [0.1, 0.15) is 22.8 Å². The van der Waals surface area contributed by atoms with E-state index in [0.29, 0.717) is 21.5 Å². The first-order valence-electron chi connectivity index (χ1n) is 10.0. The number of benzene rings is 2. The van der Waals surface area contributed by atoms with Gasteiger partial charge in [-0.1, -0.05) is 29.8 Å². The number of amides is 1. The van der Waals surface area contributed by atoms with Crippen molar-refractivity contribution in [2.75, 3.05) is 0 Å². The summed E-state index contributed by atoms with van der Waals surface area (Å²) in [5.41, 5.74) is 3.44. The Hall–Kier alpha value is -4.35. The molecule has 12 heteroatoms. The fourth-order valence-electron chi connectivity index (χ4n) is 3.03. The zero-order chi connectivity index (χ0) is 24.3. The molecule has 0 aliphatic rings. The molecule has 4 aromatic rings. The normalized spacial score (nSPS) is 11.3. The summed E-state index contributed by atoms with van der Waals surface area (Å²) in [6.07, 6.45) is -2.52. The predicted molar refractivity (Wildman–Crippen MR) is 114 cm³/mol. The van der Waals surface area contributed by atoms with Crippen LogP contribution >= 0.6 is 0 Å². The molecule has 0 radical (unpaired) electrons. The van der Waals surface area contributed by atoms with Crippen molar-refractivity contribution in [3.63, 3.8) is 0 Å². The summed E-state index contributed by atoms with van der Waals surface area (Å²) >= 11 is 0. The SMILES string of the molecule is Cc1ccc(-c2cc(OC(=O)NCc3cnc(C)cn3)cc(-n3nnnc3C(F)(F)F)c2)cc1. The summed E-state index contributed by atoms with van der Waals surface area (Å²) in [6.45, 7) is 3.75. The highest BCUT2D eigenvalue weighted by Crippen LogP contribution is 2.32. The molecule has 0 aliphatic heterocycles. The van der Waals surface area contributed by atoms with Crippen LogP contribution in [-0.4, -0.2) is 36.3 Å². The lowest BCUT2D eigenvalue weighted by Gasteiger charge is -2.13. The lowest BCUT2D eigenvalue weighted by atomic mass is 10.0. The van der Waals surface area contributed by atoms with Gasteiger partial charge in [-0.05, 0) is 47.5 Å². The van der Waals surface area contributed by atoms with Crippen LogP contribution in [-0.2, 0) is 12.7 Å². The molecule has 0 atom stereocenters. The van der Waals surface area contributed by atoms with Crippen LogP contribution in [0.15, 0.2) is 54.9 Å². The summed E-state index contributed by atoms with van der Waals surface area (Å²) in [5.74, 6) is -1.30. The van der Waals surface area contributed by atoms with Crippen molar-refractivity contribution in [2.45, 2.75) is 26.6 Å². The number of tetrazole rings is 1. The maximum atomic E-state index is 13.4. The number of rotatable bonds is 5. The van der Waals surface area contributed by atoms with E-state index in [2.05, 4.69) is 30.8 Å². The van der Waals surface area contributed by atoms with Gasteiger partial charge in [0.25, 0.3) is 5.82 Å². The van der Waals surface area contributed by atoms with Crippen LogP contribution in [0.5, 0.6) is 5.75 Å². The van der Waals surface area contributed by atoms with Crippen LogP contribution in [0.2, 0.25) is 0 Å². The van der Waals surface area contributed by atoms with Crippen LogP contribution in [0.25, 0.3) is 16.8 Å². The number of aryl methyl sites for hydroxylation is 2. The molecule has 2 aromatic carbocycles. The van der Waals surface area contributed by atoms with Gasteiger partial charge in [-0.25, -0.2) is 4.79 Å². The van der Waals surface area contributed by atoms with Gasteiger partial charge in [0, 0.05) is 12.3 Å².